The first kappa shape index (κ1) is 25.5. The molecular formula is C28H37N5S. The molecule has 180 valence electrons. The average Bonchev–Trinajstić information content (AvgIpc) is 3.43. The Morgan fingerprint density at radius 1 is 1.35 bits per heavy atom. The lowest BCUT2D eigenvalue weighted by molar-refractivity contribution is 0.480. The van der Waals surface area contributed by atoms with Gasteiger partial charge in [0, 0.05) is 31.4 Å². The zero-order chi connectivity index (χ0) is 24.5. The van der Waals surface area contributed by atoms with Gasteiger partial charge in [-0.25, -0.2) is 4.99 Å². The summed E-state index contributed by atoms with van der Waals surface area (Å²) in [5.74, 6) is 1.52. The van der Waals surface area contributed by atoms with E-state index in [1.165, 1.54) is 18.4 Å². The van der Waals surface area contributed by atoms with E-state index in [0.717, 1.165) is 41.2 Å². The Balaban J connectivity index is 1.74. The Morgan fingerprint density at radius 2 is 2.18 bits per heavy atom. The summed E-state index contributed by atoms with van der Waals surface area (Å²) in [7, 11) is 1.97. The van der Waals surface area contributed by atoms with E-state index < -0.39 is 0 Å². The summed E-state index contributed by atoms with van der Waals surface area (Å²) in [5.41, 5.74) is 12.4. The van der Waals surface area contributed by atoms with Crippen molar-refractivity contribution < 1.29 is 0 Å². The van der Waals surface area contributed by atoms with E-state index in [1.54, 1.807) is 23.6 Å². The van der Waals surface area contributed by atoms with Crippen LogP contribution in [0.4, 0.5) is 0 Å². The van der Waals surface area contributed by atoms with Crippen LogP contribution in [0.3, 0.4) is 0 Å². The number of amidine groups is 1. The molecule has 1 aliphatic rings. The Hall–Kier alpha value is -3.12. The van der Waals surface area contributed by atoms with Gasteiger partial charge in [0.05, 0.1) is 5.69 Å². The van der Waals surface area contributed by atoms with Crippen LogP contribution < -0.4 is 5.73 Å². The fraction of sp³-hybridized carbons (Fsp3) is 0.357. The zero-order valence-electron chi connectivity index (χ0n) is 20.8. The maximum Gasteiger partial charge on any atom is 0.149 e. The minimum atomic E-state index is 0.364. The predicted octanol–water partition coefficient (Wildman–Crippen LogP) is 6.78. The number of aromatic nitrogens is 1. The van der Waals surface area contributed by atoms with Crippen molar-refractivity contribution in [2.45, 2.75) is 46.5 Å². The van der Waals surface area contributed by atoms with Crippen LogP contribution in [-0.4, -0.2) is 29.0 Å². The van der Waals surface area contributed by atoms with Crippen molar-refractivity contribution in [3.05, 3.63) is 82.2 Å². The van der Waals surface area contributed by atoms with Gasteiger partial charge in [-0.2, -0.15) is 11.3 Å². The molecule has 0 radical (unpaired) electrons. The summed E-state index contributed by atoms with van der Waals surface area (Å²) in [6.45, 7) is 10.4. The van der Waals surface area contributed by atoms with Crippen molar-refractivity contribution in [1.82, 2.24) is 9.88 Å². The third kappa shape index (κ3) is 6.94. The topological polar surface area (TPSA) is 69.8 Å². The molecule has 0 aromatic carbocycles. The quantitative estimate of drug-likeness (QED) is 0.278. The molecule has 1 aliphatic heterocycles. The fourth-order valence-corrected chi connectivity index (χ4v) is 4.77. The number of H-pyrrole nitrogens is 1. The van der Waals surface area contributed by atoms with Crippen LogP contribution in [0.2, 0.25) is 0 Å². The summed E-state index contributed by atoms with van der Waals surface area (Å²) in [6.07, 6.45) is 16.0. The molecule has 5 nitrogen and oxygen atoms in total. The molecular weight excluding hydrogens is 438 g/mol. The minimum absolute atomic E-state index is 0.364. The SMILES string of the molecule is C=C/C=C\c1[nH]c(/C(N=CC(C)CCCC(C)Cc2ccsc2)=C2\C(N)=NC=CN2C)cc1C. The number of aliphatic imine (C=N–C) groups is 2. The number of aromatic amines is 1. The highest BCUT2D eigenvalue weighted by Crippen LogP contribution is 2.27. The minimum Gasteiger partial charge on any atom is -0.382 e. The zero-order valence-corrected chi connectivity index (χ0v) is 21.6. The standard InChI is InChI=1S/C28H37N5S/c1-6-7-11-24-22(4)17-25(32-24)26(27-28(29)30-13-14-33(27)5)31-18-21(3)10-8-9-20(2)16-23-12-15-34-19-23/h6-7,11-15,17-21,32H,1,8-10,16H2,2-5H3,(H2,29,30)/b11-7-,27-26-,31-18?. The summed E-state index contributed by atoms with van der Waals surface area (Å²) < 4.78 is 0. The van der Waals surface area contributed by atoms with Gasteiger partial charge in [-0.3, -0.25) is 4.99 Å². The Morgan fingerprint density at radius 3 is 2.88 bits per heavy atom. The first-order valence-electron chi connectivity index (χ1n) is 11.9. The molecule has 0 spiro atoms. The summed E-state index contributed by atoms with van der Waals surface area (Å²) in [6, 6.07) is 4.34. The van der Waals surface area contributed by atoms with E-state index in [0.29, 0.717) is 17.7 Å². The molecule has 0 fully saturated rings. The van der Waals surface area contributed by atoms with E-state index >= 15 is 0 Å². The second-order valence-electron chi connectivity index (χ2n) is 9.12. The van der Waals surface area contributed by atoms with Gasteiger partial charge in [-0.15, -0.1) is 0 Å². The predicted molar refractivity (Wildman–Crippen MR) is 149 cm³/mol. The molecule has 34 heavy (non-hydrogen) atoms. The van der Waals surface area contributed by atoms with Crippen LogP contribution in [0.15, 0.2) is 69.7 Å². The smallest absolute Gasteiger partial charge is 0.149 e. The van der Waals surface area contributed by atoms with Crippen LogP contribution in [-0.2, 0) is 6.42 Å². The maximum atomic E-state index is 6.29. The van der Waals surface area contributed by atoms with Crippen molar-refractivity contribution in [3.8, 4) is 0 Å². The molecule has 3 heterocycles. The maximum absolute atomic E-state index is 6.29. The van der Waals surface area contributed by atoms with E-state index in [4.69, 9.17) is 10.7 Å². The van der Waals surface area contributed by atoms with Gasteiger partial charge in [-0.05, 0) is 71.7 Å². The van der Waals surface area contributed by atoms with Gasteiger partial charge in [0.1, 0.15) is 17.2 Å². The van der Waals surface area contributed by atoms with E-state index in [-0.39, 0.29) is 0 Å². The lowest BCUT2D eigenvalue weighted by Gasteiger charge is -2.22. The molecule has 3 rings (SSSR count). The average molecular weight is 476 g/mol. The largest absolute Gasteiger partial charge is 0.382 e. The number of rotatable bonds is 11. The van der Waals surface area contributed by atoms with Crippen molar-refractivity contribution in [2.24, 2.45) is 27.6 Å². The van der Waals surface area contributed by atoms with Gasteiger partial charge in [0.2, 0.25) is 0 Å². The molecule has 6 heteroatoms. The Labute approximate surface area is 208 Å². The van der Waals surface area contributed by atoms with Gasteiger partial charge < -0.3 is 15.6 Å². The number of nitrogens with one attached hydrogen (secondary N) is 1. The van der Waals surface area contributed by atoms with Gasteiger partial charge in [0.25, 0.3) is 0 Å². The highest BCUT2D eigenvalue weighted by molar-refractivity contribution is 7.07. The fourth-order valence-electron chi connectivity index (χ4n) is 4.09. The molecule has 0 saturated heterocycles. The number of likely N-dealkylation sites (N-methyl/N-ethyl adjacent to an activating group) is 1. The summed E-state index contributed by atoms with van der Waals surface area (Å²) in [5, 5.41) is 4.42. The normalized spacial score (nSPS) is 17.4. The third-order valence-electron chi connectivity index (χ3n) is 6.01. The molecule has 3 N–H and O–H groups in total. The van der Waals surface area contributed by atoms with E-state index in [1.807, 2.05) is 30.3 Å². The molecule has 0 saturated carbocycles. The molecule has 2 unspecified atom stereocenters. The van der Waals surface area contributed by atoms with E-state index in [9.17, 15) is 0 Å². The number of aryl methyl sites for hydroxylation is 1. The van der Waals surface area contributed by atoms with Gasteiger partial charge >= 0.3 is 0 Å². The summed E-state index contributed by atoms with van der Waals surface area (Å²) >= 11 is 1.78. The molecule has 0 amide bonds. The second kappa shape index (κ2) is 12.4. The third-order valence-corrected chi connectivity index (χ3v) is 6.74. The molecule has 2 aromatic heterocycles. The highest BCUT2D eigenvalue weighted by Gasteiger charge is 2.20. The lowest BCUT2D eigenvalue weighted by atomic mass is 9.95. The van der Waals surface area contributed by atoms with Crippen LogP contribution in [0.1, 0.15) is 55.6 Å². The van der Waals surface area contributed by atoms with E-state index in [2.05, 4.69) is 66.4 Å². The van der Waals surface area contributed by atoms with Crippen molar-refractivity contribution in [2.75, 3.05) is 7.05 Å². The molecule has 2 atom stereocenters. The number of hydrogen-bond donors (Lipinski definition) is 2. The highest BCUT2D eigenvalue weighted by atomic mass is 32.1. The number of hydrogen-bond acceptors (Lipinski definition) is 5. The summed E-state index contributed by atoms with van der Waals surface area (Å²) in [4.78, 5) is 14.7. The van der Waals surface area contributed by atoms with Gasteiger partial charge in [-0.1, -0.05) is 45.4 Å². The van der Waals surface area contributed by atoms with Crippen LogP contribution in [0.5, 0.6) is 0 Å². The number of nitrogens with two attached hydrogens (primary N) is 1. The van der Waals surface area contributed by atoms with Crippen molar-refractivity contribution >= 4 is 35.2 Å². The molecule has 2 aromatic rings. The first-order valence-corrected chi connectivity index (χ1v) is 12.8. The Bertz CT molecular complexity index is 1100. The second-order valence-corrected chi connectivity index (χ2v) is 9.90. The number of thiophene rings is 1. The number of allylic oxidation sites excluding steroid dienone is 2. The monoisotopic (exact) mass is 475 g/mol. The molecule has 0 aliphatic carbocycles. The first-order chi connectivity index (χ1) is 16.4. The van der Waals surface area contributed by atoms with Crippen LogP contribution >= 0.6 is 11.3 Å². The van der Waals surface area contributed by atoms with Crippen molar-refractivity contribution in [1.29, 1.82) is 0 Å². The van der Waals surface area contributed by atoms with Crippen molar-refractivity contribution in [3.63, 3.8) is 0 Å². The van der Waals surface area contributed by atoms with Crippen LogP contribution in [0, 0.1) is 18.8 Å². The molecule has 0 bridgehead atoms. The Kier molecular flexibility index (Phi) is 9.28. The lowest BCUT2D eigenvalue weighted by Crippen LogP contribution is -2.28. The van der Waals surface area contributed by atoms with Crippen LogP contribution in [0.25, 0.3) is 11.8 Å². The number of nitrogens with zero attached hydrogens (tertiary/aromatic N) is 3. The van der Waals surface area contributed by atoms with Gasteiger partial charge in [0.15, 0.2) is 0 Å².